The van der Waals surface area contributed by atoms with Gasteiger partial charge in [0.25, 0.3) is 5.91 Å². The summed E-state index contributed by atoms with van der Waals surface area (Å²) in [5.74, 6) is -0.217. The minimum Gasteiger partial charge on any atom is -0.383 e. The summed E-state index contributed by atoms with van der Waals surface area (Å²) in [6.45, 7) is 5.50. The first-order valence-corrected chi connectivity index (χ1v) is 9.19. The molecule has 2 heterocycles. The number of piperazine rings is 1. The van der Waals surface area contributed by atoms with E-state index in [2.05, 4.69) is 44.6 Å². The average Bonchev–Trinajstić information content (AvgIpc) is 2.70. The monoisotopic (exact) mass is 369 g/mol. The molecule has 0 aliphatic carbocycles. The molecule has 0 unspecified atom stereocenters. The number of benzene rings is 1. The third kappa shape index (κ3) is 5.42. The number of nitrogens with one attached hydrogen (secondary N) is 2. The Labute approximate surface area is 160 Å². The lowest BCUT2D eigenvalue weighted by atomic mass is 10.2. The van der Waals surface area contributed by atoms with E-state index in [-0.39, 0.29) is 5.91 Å². The maximum atomic E-state index is 12.4. The fourth-order valence-corrected chi connectivity index (χ4v) is 2.95. The molecule has 27 heavy (non-hydrogen) atoms. The smallest absolute Gasteiger partial charge is 0.274 e. The number of rotatable bonds is 7. The molecule has 0 atom stereocenters. The molecule has 2 aromatic rings. The number of ether oxygens (including phenoxy) is 1. The molecule has 1 aliphatic heterocycles. The number of hydrogen-bond acceptors (Lipinski definition) is 6. The third-order valence-corrected chi connectivity index (χ3v) is 4.63. The normalized spacial score (nSPS) is 14.8. The fourth-order valence-electron chi connectivity index (χ4n) is 2.95. The predicted octanol–water partition coefficient (Wildman–Crippen LogP) is 2.14. The molecular formula is C20H27N5O2. The van der Waals surface area contributed by atoms with Crippen molar-refractivity contribution < 1.29 is 9.53 Å². The molecule has 0 saturated carbocycles. The van der Waals surface area contributed by atoms with Crippen molar-refractivity contribution in [2.45, 2.75) is 0 Å². The van der Waals surface area contributed by atoms with Crippen molar-refractivity contribution in [3.8, 4) is 0 Å². The molecule has 0 spiro atoms. The van der Waals surface area contributed by atoms with E-state index in [0.717, 1.165) is 37.6 Å². The maximum Gasteiger partial charge on any atom is 0.274 e. The summed E-state index contributed by atoms with van der Waals surface area (Å²) in [6, 6.07) is 11.5. The summed E-state index contributed by atoms with van der Waals surface area (Å²) in [6.07, 6.45) is 1.65. The maximum absolute atomic E-state index is 12.4. The zero-order valence-corrected chi connectivity index (χ0v) is 15.9. The van der Waals surface area contributed by atoms with E-state index in [9.17, 15) is 4.79 Å². The second kappa shape index (κ2) is 9.34. The van der Waals surface area contributed by atoms with Gasteiger partial charge in [-0.15, -0.1) is 0 Å². The molecule has 1 aromatic heterocycles. The Morgan fingerprint density at radius 2 is 1.78 bits per heavy atom. The lowest BCUT2D eigenvalue weighted by molar-refractivity contribution is 0.102. The van der Waals surface area contributed by atoms with Crippen molar-refractivity contribution in [1.29, 1.82) is 0 Å². The highest BCUT2D eigenvalue weighted by molar-refractivity contribution is 6.03. The van der Waals surface area contributed by atoms with Crippen molar-refractivity contribution >= 4 is 23.0 Å². The van der Waals surface area contributed by atoms with Crippen molar-refractivity contribution in [3.63, 3.8) is 0 Å². The first-order valence-electron chi connectivity index (χ1n) is 9.19. The van der Waals surface area contributed by atoms with Gasteiger partial charge in [-0.3, -0.25) is 4.79 Å². The van der Waals surface area contributed by atoms with Gasteiger partial charge in [-0.05, 0) is 43.4 Å². The zero-order valence-electron chi connectivity index (χ0n) is 15.9. The van der Waals surface area contributed by atoms with E-state index in [1.807, 2.05) is 18.2 Å². The molecule has 1 saturated heterocycles. The highest BCUT2D eigenvalue weighted by Gasteiger charge is 2.14. The molecule has 1 aliphatic rings. The number of hydrogen-bond donors (Lipinski definition) is 2. The van der Waals surface area contributed by atoms with Gasteiger partial charge in [0.2, 0.25) is 0 Å². The minimum absolute atomic E-state index is 0.217. The van der Waals surface area contributed by atoms with Crippen LogP contribution in [-0.2, 0) is 4.74 Å². The van der Waals surface area contributed by atoms with Gasteiger partial charge >= 0.3 is 0 Å². The van der Waals surface area contributed by atoms with Crippen LogP contribution in [0.1, 0.15) is 10.5 Å². The van der Waals surface area contributed by atoms with E-state index in [1.165, 1.54) is 5.69 Å². The molecule has 0 radical (unpaired) electrons. The first-order chi connectivity index (χ1) is 13.2. The van der Waals surface area contributed by atoms with Gasteiger partial charge < -0.3 is 25.2 Å². The van der Waals surface area contributed by atoms with Crippen molar-refractivity contribution in [2.24, 2.45) is 0 Å². The molecular weight excluding hydrogens is 342 g/mol. The van der Waals surface area contributed by atoms with Crippen LogP contribution in [0.5, 0.6) is 0 Å². The molecule has 2 N–H and O–H groups in total. The number of methoxy groups -OCH3 is 1. The molecule has 1 aromatic carbocycles. The van der Waals surface area contributed by atoms with E-state index in [0.29, 0.717) is 18.8 Å². The van der Waals surface area contributed by atoms with Gasteiger partial charge in [0.15, 0.2) is 0 Å². The van der Waals surface area contributed by atoms with Crippen molar-refractivity contribution in [3.05, 3.63) is 48.3 Å². The lowest BCUT2D eigenvalue weighted by Gasteiger charge is -2.34. The zero-order chi connectivity index (χ0) is 19.1. The number of pyridine rings is 1. The van der Waals surface area contributed by atoms with E-state index in [4.69, 9.17) is 4.74 Å². The van der Waals surface area contributed by atoms with Crippen LogP contribution in [0.3, 0.4) is 0 Å². The number of likely N-dealkylation sites (N-methyl/N-ethyl adjacent to an activating group) is 1. The largest absolute Gasteiger partial charge is 0.383 e. The molecule has 1 amide bonds. The standard InChI is InChI=1S/C20H27N5O2/c1-24-10-12-25(13-11-24)18-6-3-16(4-7-18)23-20(26)19-8-5-17(15-22-19)21-9-14-27-2/h3-8,15,21H,9-14H2,1-2H3,(H,23,26). The average molecular weight is 369 g/mol. The Morgan fingerprint density at radius 1 is 1.07 bits per heavy atom. The third-order valence-electron chi connectivity index (χ3n) is 4.63. The van der Waals surface area contributed by atoms with E-state index >= 15 is 0 Å². The minimum atomic E-state index is -0.217. The molecule has 0 bridgehead atoms. The van der Waals surface area contributed by atoms with Crippen LogP contribution in [0, 0.1) is 0 Å². The fraction of sp³-hybridized carbons (Fsp3) is 0.400. The van der Waals surface area contributed by atoms with E-state index in [1.54, 1.807) is 19.4 Å². The Hall–Kier alpha value is -2.64. The molecule has 7 heteroatoms. The lowest BCUT2D eigenvalue weighted by Crippen LogP contribution is -2.44. The molecule has 1 fully saturated rings. The molecule has 144 valence electrons. The number of amides is 1. The second-order valence-corrected chi connectivity index (χ2v) is 6.64. The van der Waals surface area contributed by atoms with Gasteiger partial charge in [0, 0.05) is 51.2 Å². The van der Waals surface area contributed by atoms with Gasteiger partial charge in [-0.1, -0.05) is 0 Å². The topological polar surface area (TPSA) is 69.7 Å². The van der Waals surface area contributed by atoms with E-state index < -0.39 is 0 Å². The van der Waals surface area contributed by atoms with Crippen molar-refractivity contribution in [2.75, 3.05) is 69.0 Å². The van der Waals surface area contributed by atoms with Crippen LogP contribution in [0.4, 0.5) is 17.1 Å². The van der Waals surface area contributed by atoms with Crippen LogP contribution in [-0.4, -0.2) is 69.3 Å². The van der Waals surface area contributed by atoms with Crippen molar-refractivity contribution in [1.82, 2.24) is 9.88 Å². The van der Waals surface area contributed by atoms with Gasteiger partial charge in [0.1, 0.15) is 5.69 Å². The second-order valence-electron chi connectivity index (χ2n) is 6.64. The van der Waals surface area contributed by atoms with Crippen LogP contribution in [0.25, 0.3) is 0 Å². The summed E-state index contributed by atoms with van der Waals surface area (Å²) < 4.78 is 4.99. The van der Waals surface area contributed by atoms with Crippen LogP contribution >= 0.6 is 0 Å². The van der Waals surface area contributed by atoms with Gasteiger partial charge in [0.05, 0.1) is 18.5 Å². The number of carbonyl (C=O) groups excluding carboxylic acids is 1. The van der Waals surface area contributed by atoms with Crippen LogP contribution in [0.2, 0.25) is 0 Å². The SMILES string of the molecule is COCCNc1ccc(C(=O)Nc2ccc(N3CCN(C)CC3)cc2)nc1. The highest BCUT2D eigenvalue weighted by Crippen LogP contribution is 2.19. The summed E-state index contributed by atoms with van der Waals surface area (Å²) in [7, 11) is 3.80. The summed E-state index contributed by atoms with van der Waals surface area (Å²) in [5.41, 5.74) is 3.20. The summed E-state index contributed by atoms with van der Waals surface area (Å²) in [4.78, 5) is 21.3. The van der Waals surface area contributed by atoms with Gasteiger partial charge in [-0.25, -0.2) is 4.98 Å². The number of anilines is 3. The predicted molar refractivity (Wildman–Crippen MR) is 109 cm³/mol. The Bertz CT molecular complexity index is 725. The Morgan fingerprint density at radius 3 is 2.41 bits per heavy atom. The van der Waals surface area contributed by atoms with Crippen LogP contribution in [0.15, 0.2) is 42.6 Å². The highest BCUT2D eigenvalue weighted by atomic mass is 16.5. The Kier molecular flexibility index (Phi) is 6.62. The van der Waals surface area contributed by atoms with Crippen LogP contribution < -0.4 is 15.5 Å². The summed E-state index contributed by atoms with van der Waals surface area (Å²) >= 11 is 0. The molecule has 7 nitrogen and oxygen atoms in total. The Balaban J connectivity index is 1.54. The van der Waals surface area contributed by atoms with Gasteiger partial charge in [-0.2, -0.15) is 0 Å². The number of nitrogens with zero attached hydrogens (tertiary/aromatic N) is 3. The number of carbonyl (C=O) groups is 1. The quantitative estimate of drug-likeness (QED) is 0.729. The summed E-state index contributed by atoms with van der Waals surface area (Å²) in [5, 5.41) is 6.07. The number of aromatic nitrogens is 1. The molecule has 3 rings (SSSR count). The first kappa shape index (κ1) is 19.1.